The van der Waals surface area contributed by atoms with E-state index in [0.717, 1.165) is 41.5 Å². The number of unbranched alkanes of at least 4 members (excludes halogenated alkanes) is 2. The van der Waals surface area contributed by atoms with Crippen LogP contribution in [0.2, 0.25) is 0 Å². The summed E-state index contributed by atoms with van der Waals surface area (Å²) in [7, 11) is 0. The highest BCUT2D eigenvalue weighted by Crippen LogP contribution is 2.26. The van der Waals surface area contributed by atoms with Crippen LogP contribution >= 0.6 is 12.6 Å². The van der Waals surface area contributed by atoms with Crippen molar-refractivity contribution in [3.05, 3.63) is 66.0 Å². The van der Waals surface area contributed by atoms with Gasteiger partial charge in [-0.05, 0) is 54.2 Å². The number of nitrogens with one attached hydrogen (secondary N) is 4. The van der Waals surface area contributed by atoms with E-state index in [4.69, 9.17) is 4.74 Å². The molecule has 43 heavy (non-hydrogen) atoms. The SMILES string of the molecule is Cc1c(COc2ncnc(NCCNC(=O)CCC(=O)NCCCCCNC(=O)CCS)n2)cccc1-c1ccccc1. The summed E-state index contributed by atoms with van der Waals surface area (Å²) in [4.78, 5) is 48.0. The Morgan fingerprint density at radius 2 is 1.44 bits per heavy atom. The molecule has 3 aromatic rings. The van der Waals surface area contributed by atoms with Gasteiger partial charge in [0.25, 0.3) is 0 Å². The fraction of sp³-hybridized carbons (Fsp3) is 0.419. The predicted octanol–water partition coefficient (Wildman–Crippen LogP) is 3.46. The number of anilines is 1. The highest BCUT2D eigenvalue weighted by Gasteiger charge is 2.09. The Morgan fingerprint density at radius 3 is 2.14 bits per heavy atom. The first-order valence-electron chi connectivity index (χ1n) is 14.6. The zero-order valence-electron chi connectivity index (χ0n) is 24.6. The number of nitrogens with zero attached hydrogens (tertiary/aromatic N) is 3. The lowest BCUT2D eigenvalue weighted by atomic mass is 9.97. The largest absolute Gasteiger partial charge is 0.458 e. The van der Waals surface area contributed by atoms with Gasteiger partial charge in [-0.1, -0.05) is 48.5 Å². The zero-order chi connectivity index (χ0) is 30.7. The zero-order valence-corrected chi connectivity index (χ0v) is 25.5. The van der Waals surface area contributed by atoms with Gasteiger partial charge in [-0.25, -0.2) is 4.98 Å². The van der Waals surface area contributed by atoms with Gasteiger partial charge < -0.3 is 26.0 Å². The van der Waals surface area contributed by atoms with E-state index in [-0.39, 0.29) is 36.6 Å². The lowest BCUT2D eigenvalue weighted by Crippen LogP contribution is -2.31. The van der Waals surface area contributed by atoms with Crippen LogP contribution < -0.4 is 26.0 Å². The van der Waals surface area contributed by atoms with Crippen LogP contribution in [0.3, 0.4) is 0 Å². The lowest BCUT2D eigenvalue weighted by molar-refractivity contribution is -0.126. The minimum Gasteiger partial charge on any atom is -0.458 e. The number of thiol groups is 1. The molecule has 4 N–H and O–H groups in total. The van der Waals surface area contributed by atoms with Gasteiger partial charge in [-0.15, -0.1) is 0 Å². The van der Waals surface area contributed by atoms with Crippen LogP contribution in [0.25, 0.3) is 11.1 Å². The number of benzene rings is 2. The first kappa shape index (κ1) is 33.3. The molecule has 0 bridgehead atoms. The van der Waals surface area contributed by atoms with Crippen molar-refractivity contribution < 1.29 is 19.1 Å². The van der Waals surface area contributed by atoms with E-state index in [9.17, 15) is 14.4 Å². The minimum atomic E-state index is -0.207. The molecule has 1 heterocycles. The molecular formula is C31H41N7O4S. The number of carbonyl (C=O) groups is 3. The Labute approximate surface area is 258 Å². The monoisotopic (exact) mass is 607 g/mol. The van der Waals surface area contributed by atoms with Crippen molar-refractivity contribution in [2.24, 2.45) is 0 Å². The first-order chi connectivity index (χ1) is 21.0. The average molecular weight is 608 g/mol. The molecule has 1 aromatic heterocycles. The molecule has 0 saturated heterocycles. The van der Waals surface area contributed by atoms with Gasteiger partial charge in [0.15, 0.2) is 0 Å². The number of carbonyl (C=O) groups excluding carboxylic acids is 3. The predicted molar refractivity (Wildman–Crippen MR) is 170 cm³/mol. The van der Waals surface area contributed by atoms with Gasteiger partial charge in [0.2, 0.25) is 23.7 Å². The summed E-state index contributed by atoms with van der Waals surface area (Å²) in [6.45, 7) is 4.31. The maximum Gasteiger partial charge on any atom is 0.321 e. The summed E-state index contributed by atoms with van der Waals surface area (Å²) >= 11 is 4.03. The van der Waals surface area contributed by atoms with Crippen molar-refractivity contribution in [2.75, 3.05) is 37.2 Å². The van der Waals surface area contributed by atoms with Crippen LogP contribution in [0.4, 0.5) is 5.95 Å². The van der Waals surface area contributed by atoms with Gasteiger partial charge in [-0.3, -0.25) is 14.4 Å². The van der Waals surface area contributed by atoms with E-state index in [2.05, 4.69) is 74.0 Å². The second kappa shape index (κ2) is 19.1. The van der Waals surface area contributed by atoms with Gasteiger partial charge in [-0.2, -0.15) is 22.6 Å². The highest BCUT2D eigenvalue weighted by atomic mass is 32.1. The minimum absolute atomic E-state index is 0.00879. The maximum atomic E-state index is 12.1. The molecule has 0 spiro atoms. The van der Waals surface area contributed by atoms with Gasteiger partial charge in [0, 0.05) is 45.4 Å². The van der Waals surface area contributed by atoms with E-state index in [1.165, 1.54) is 6.33 Å². The number of ether oxygens (including phenoxy) is 1. The highest BCUT2D eigenvalue weighted by molar-refractivity contribution is 7.80. The van der Waals surface area contributed by atoms with E-state index >= 15 is 0 Å². The van der Waals surface area contributed by atoms with Crippen molar-refractivity contribution in [1.29, 1.82) is 0 Å². The fourth-order valence-corrected chi connectivity index (χ4v) is 4.40. The average Bonchev–Trinajstić information content (AvgIpc) is 3.02. The standard InChI is InChI=1S/C31H41N7O4S/c1-23-25(11-8-12-26(23)24-9-4-2-5-10-24)21-42-31-37-22-36-30(38-31)35-19-18-34-28(40)14-13-27(39)32-16-6-3-7-17-33-29(41)15-20-43/h2,4-5,8-12,22,43H,3,6-7,13-21H2,1H3,(H,32,39)(H,33,41)(H,34,40)(H,35,36,37,38). The Hall–Kier alpha value is -4.19. The normalized spacial score (nSPS) is 10.6. The molecule has 3 amide bonds. The van der Waals surface area contributed by atoms with Gasteiger partial charge in [0.1, 0.15) is 12.9 Å². The lowest BCUT2D eigenvalue weighted by Gasteiger charge is -2.12. The third kappa shape index (κ3) is 12.7. The van der Waals surface area contributed by atoms with Gasteiger partial charge >= 0.3 is 6.01 Å². The van der Waals surface area contributed by atoms with E-state index in [1.54, 1.807) is 0 Å². The summed E-state index contributed by atoms with van der Waals surface area (Å²) in [5, 5.41) is 11.5. The number of rotatable bonds is 19. The van der Waals surface area contributed by atoms with Crippen molar-refractivity contribution in [3.8, 4) is 17.1 Å². The summed E-state index contributed by atoms with van der Waals surface area (Å²) in [5.74, 6) is 0.524. The smallest absolute Gasteiger partial charge is 0.321 e. The summed E-state index contributed by atoms with van der Waals surface area (Å²) in [5.41, 5.74) is 4.47. The van der Waals surface area contributed by atoms with Crippen LogP contribution in [-0.2, 0) is 21.0 Å². The van der Waals surface area contributed by atoms with Crippen LogP contribution in [0, 0.1) is 6.92 Å². The maximum absolute atomic E-state index is 12.1. The van der Waals surface area contributed by atoms with Gasteiger partial charge in [0.05, 0.1) is 0 Å². The van der Waals surface area contributed by atoms with Crippen molar-refractivity contribution in [2.45, 2.75) is 52.1 Å². The molecule has 0 unspecified atom stereocenters. The molecular weight excluding hydrogens is 566 g/mol. The topological polar surface area (TPSA) is 147 Å². The molecule has 230 valence electrons. The van der Waals surface area contributed by atoms with Crippen molar-refractivity contribution in [3.63, 3.8) is 0 Å². The van der Waals surface area contributed by atoms with Crippen molar-refractivity contribution >= 4 is 36.3 Å². The van der Waals surface area contributed by atoms with E-state index < -0.39 is 0 Å². The Kier molecular flexibility index (Phi) is 14.8. The molecule has 2 aromatic carbocycles. The van der Waals surface area contributed by atoms with Crippen LogP contribution in [-0.4, -0.2) is 64.6 Å². The van der Waals surface area contributed by atoms with E-state index in [0.29, 0.717) is 50.9 Å². The third-order valence-electron chi connectivity index (χ3n) is 6.58. The van der Waals surface area contributed by atoms with Crippen LogP contribution in [0.5, 0.6) is 6.01 Å². The number of amides is 3. The molecule has 0 aliphatic heterocycles. The molecule has 0 aliphatic rings. The second-order valence-electron chi connectivity index (χ2n) is 9.85. The number of aromatic nitrogens is 3. The summed E-state index contributed by atoms with van der Waals surface area (Å²) in [6.07, 6.45) is 4.59. The molecule has 0 aliphatic carbocycles. The quantitative estimate of drug-likeness (QED) is 0.103. The molecule has 0 saturated carbocycles. The van der Waals surface area contributed by atoms with E-state index in [1.807, 2.05) is 30.3 Å². The fourth-order valence-electron chi connectivity index (χ4n) is 4.20. The number of hydrogen-bond acceptors (Lipinski definition) is 9. The molecule has 0 radical (unpaired) electrons. The molecule has 0 fully saturated rings. The van der Waals surface area contributed by atoms with Crippen LogP contribution in [0.1, 0.15) is 49.7 Å². The molecule has 11 nitrogen and oxygen atoms in total. The summed E-state index contributed by atoms with van der Waals surface area (Å²) < 4.78 is 5.85. The first-order valence-corrected chi connectivity index (χ1v) is 15.2. The Morgan fingerprint density at radius 1 is 0.767 bits per heavy atom. The third-order valence-corrected chi connectivity index (χ3v) is 6.81. The number of hydrogen-bond donors (Lipinski definition) is 5. The summed E-state index contributed by atoms with van der Waals surface area (Å²) in [6, 6.07) is 16.5. The molecule has 0 atom stereocenters. The van der Waals surface area contributed by atoms with Crippen LogP contribution in [0.15, 0.2) is 54.9 Å². The molecule has 3 rings (SSSR count). The Balaban J connectivity index is 1.27. The second-order valence-corrected chi connectivity index (χ2v) is 10.3. The van der Waals surface area contributed by atoms with Crippen molar-refractivity contribution in [1.82, 2.24) is 30.9 Å². The molecule has 12 heteroatoms. The Bertz CT molecular complexity index is 1310.